The van der Waals surface area contributed by atoms with Crippen LogP contribution in [0.3, 0.4) is 0 Å². The quantitative estimate of drug-likeness (QED) is 0.0734. The van der Waals surface area contributed by atoms with Crippen LogP contribution in [0.5, 0.6) is 0 Å². The summed E-state index contributed by atoms with van der Waals surface area (Å²) >= 11 is 6.63. The van der Waals surface area contributed by atoms with Crippen molar-refractivity contribution in [1.29, 1.82) is 0 Å². The van der Waals surface area contributed by atoms with Gasteiger partial charge in [-0.25, -0.2) is 0 Å². The number of hydrogen-bond acceptors (Lipinski definition) is 5. The number of hydrogen-bond donors (Lipinski definition) is 0. The molecule has 0 aliphatic carbocycles. The molecule has 2 rings (SSSR count). The second-order valence-electron chi connectivity index (χ2n) is 7.81. The Bertz CT molecular complexity index is 1010. The summed E-state index contributed by atoms with van der Waals surface area (Å²) in [5.74, 6) is -2.11. The van der Waals surface area contributed by atoms with Gasteiger partial charge in [-0.2, -0.15) is 0 Å². The van der Waals surface area contributed by atoms with Crippen molar-refractivity contribution in [3.8, 4) is 0 Å². The van der Waals surface area contributed by atoms with Crippen molar-refractivity contribution in [2.45, 2.75) is 56.6 Å². The Kier molecular flexibility index (Phi) is 14.3. The summed E-state index contributed by atoms with van der Waals surface area (Å²) in [5.41, 5.74) is 0. The van der Waals surface area contributed by atoms with Crippen molar-refractivity contribution in [2.75, 3.05) is 11.9 Å². The van der Waals surface area contributed by atoms with Gasteiger partial charge < -0.3 is 0 Å². The van der Waals surface area contributed by atoms with Crippen LogP contribution in [0.2, 0.25) is 0 Å². The van der Waals surface area contributed by atoms with Crippen LogP contribution in [-0.2, 0) is 22.2 Å². The molecule has 12 heteroatoms. The molecule has 0 saturated heterocycles. The molecule has 0 amide bonds. The summed E-state index contributed by atoms with van der Waals surface area (Å²) in [6.45, 7) is -0.269. The summed E-state index contributed by atoms with van der Waals surface area (Å²) in [4.78, 5) is 12.1. The molecule has 0 saturated carbocycles. The minimum absolute atomic E-state index is 0.269. The van der Waals surface area contributed by atoms with Gasteiger partial charge in [-0.1, -0.05) is 22.4 Å². The number of rotatable bonds is 16. The predicted molar refractivity (Wildman–Crippen MR) is 156 cm³/mol. The molecule has 36 heavy (non-hydrogen) atoms. The second-order valence-corrected chi connectivity index (χ2v) is 17.0. The Balaban J connectivity index is 1.98. The second kappa shape index (κ2) is 16.1. The van der Waals surface area contributed by atoms with Gasteiger partial charge in [0.1, 0.15) is 0 Å². The molecule has 0 radical (unpaired) electrons. The number of halogens is 6. The van der Waals surface area contributed by atoms with Crippen LogP contribution in [-0.4, -0.2) is 31.6 Å². The van der Waals surface area contributed by atoms with E-state index in [4.69, 9.17) is 2.51 Å². The Hall–Kier alpha value is -0.150. The summed E-state index contributed by atoms with van der Waals surface area (Å²) in [6, 6.07) is 13.1. The zero-order valence-electron chi connectivity index (χ0n) is 19.4. The molecule has 202 valence electrons. The van der Waals surface area contributed by atoms with Crippen molar-refractivity contribution in [2.24, 2.45) is 0 Å². The molecule has 0 aliphatic heterocycles. The van der Waals surface area contributed by atoms with E-state index in [9.17, 15) is 22.0 Å². The van der Waals surface area contributed by atoms with E-state index in [1.807, 2.05) is 0 Å². The van der Waals surface area contributed by atoms with E-state index in [0.29, 0.717) is 20.0 Å². The van der Waals surface area contributed by atoms with Crippen LogP contribution in [0.15, 0.2) is 57.5 Å². The number of carbonyl (C=O) groups excluding carboxylic acids is 1. The monoisotopic (exact) mass is 830 g/mol. The normalized spacial score (nSPS) is 12.4. The predicted octanol–water partition coefficient (Wildman–Crippen LogP) is 8.67. The first-order valence-corrected chi connectivity index (χ1v) is 18.5. The molecule has 0 N–H and O–H groups in total. The topological polar surface area (TPSA) is 69.7 Å². The third kappa shape index (κ3) is 10.2. The van der Waals surface area contributed by atoms with E-state index >= 15 is 0 Å². The molecule has 0 heterocycles. The molecule has 0 atom stereocenters. The number of unbranched alkanes of at least 4 members (excludes halogenated alkanes) is 7. The first-order chi connectivity index (χ1) is 17.1. The fourth-order valence-corrected chi connectivity index (χ4v) is 10.7. The molecular formula is C24H28Br3F2IO5S. The standard InChI is InChI=1S/C24H28Br3F2IO5S/c25-17-7-5-3-1-2-4-6-8-18-34-23(31)24(28,29)36(32,33)35-30(21-13-9-19(26)10-14-21)22-15-11-20(27)12-16-22/h9-16H,1-8,17-18H2. The van der Waals surface area contributed by atoms with E-state index in [-0.39, 0.29) is 6.61 Å². The van der Waals surface area contributed by atoms with Gasteiger partial charge >= 0.3 is 212 Å². The minimum atomic E-state index is -5.60. The summed E-state index contributed by atoms with van der Waals surface area (Å²) in [5, 5.41) is -3.82. The zero-order valence-corrected chi connectivity index (χ0v) is 27.1. The molecule has 0 aromatic heterocycles. The first-order valence-electron chi connectivity index (χ1n) is 11.3. The summed E-state index contributed by atoms with van der Waals surface area (Å²) in [6.07, 6.45) is 7.59. The number of alkyl halides is 3. The molecule has 0 aliphatic rings. The molecule has 0 spiro atoms. The maximum absolute atomic E-state index is 14.7. The van der Waals surface area contributed by atoms with E-state index in [2.05, 4.69) is 52.5 Å². The average molecular weight is 833 g/mol. The fourth-order valence-electron chi connectivity index (χ4n) is 3.02. The van der Waals surface area contributed by atoms with Gasteiger partial charge in [0.2, 0.25) is 0 Å². The van der Waals surface area contributed by atoms with Gasteiger partial charge in [-0.3, -0.25) is 0 Å². The molecule has 2 aromatic carbocycles. The zero-order chi connectivity index (χ0) is 26.6. The van der Waals surface area contributed by atoms with Gasteiger partial charge in [0.05, 0.1) is 0 Å². The van der Waals surface area contributed by atoms with E-state index < -0.39 is 41.6 Å². The van der Waals surface area contributed by atoms with Gasteiger partial charge in [0, 0.05) is 5.33 Å². The third-order valence-electron chi connectivity index (χ3n) is 4.96. The molecule has 0 bridgehead atoms. The summed E-state index contributed by atoms with van der Waals surface area (Å²) in [7, 11) is -5.60. The Morgan fingerprint density at radius 3 is 1.64 bits per heavy atom. The molecule has 5 nitrogen and oxygen atoms in total. The average Bonchev–Trinajstić information content (AvgIpc) is 2.84. The van der Waals surface area contributed by atoms with Crippen molar-refractivity contribution in [1.82, 2.24) is 0 Å². The number of esters is 1. The van der Waals surface area contributed by atoms with Gasteiger partial charge in [0.15, 0.2) is 0 Å². The van der Waals surface area contributed by atoms with Crippen LogP contribution >= 0.6 is 68.0 Å². The van der Waals surface area contributed by atoms with E-state index in [0.717, 1.165) is 46.4 Å². The van der Waals surface area contributed by atoms with E-state index in [1.165, 1.54) is 6.42 Å². The first kappa shape index (κ1) is 32.1. The Morgan fingerprint density at radius 1 is 0.778 bits per heavy atom. The molecule has 0 unspecified atom stereocenters. The van der Waals surface area contributed by atoms with Crippen LogP contribution in [0.25, 0.3) is 0 Å². The number of carbonyl (C=O) groups is 1. The fraction of sp³-hybridized carbons (Fsp3) is 0.458. The number of ether oxygens (including phenoxy) is 1. The van der Waals surface area contributed by atoms with Crippen molar-refractivity contribution < 1.29 is 29.2 Å². The van der Waals surface area contributed by atoms with Crippen LogP contribution in [0, 0.1) is 7.14 Å². The van der Waals surface area contributed by atoms with Crippen molar-refractivity contribution >= 4 is 84.1 Å². The molecule has 0 fully saturated rings. The van der Waals surface area contributed by atoms with Crippen molar-refractivity contribution in [3.05, 3.63) is 64.6 Å². The third-order valence-corrected chi connectivity index (χ3v) is 13.9. The van der Waals surface area contributed by atoms with Crippen LogP contribution in [0.1, 0.15) is 51.4 Å². The molecule has 2 aromatic rings. The summed E-state index contributed by atoms with van der Waals surface area (Å²) < 4.78 is 66.8. The number of benzene rings is 2. The van der Waals surface area contributed by atoms with Crippen molar-refractivity contribution in [3.63, 3.8) is 0 Å². The van der Waals surface area contributed by atoms with Gasteiger partial charge in [-0.15, -0.1) is 0 Å². The maximum atomic E-state index is 14.7. The Labute approximate surface area is 244 Å². The molecular weight excluding hydrogens is 805 g/mol. The van der Waals surface area contributed by atoms with Gasteiger partial charge in [0.25, 0.3) is 0 Å². The van der Waals surface area contributed by atoms with Crippen LogP contribution in [0.4, 0.5) is 8.78 Å². The van der Waals surface area contributed by atoms with Gasteiger partial charge in [-0.05, 0) is 6.42 Å². The Morgan fingerprint density at radius 2 is 1.19 bits per heavy atom. The van der Waals surface area contributed by atoms with Crippen LogP contribution < -0.4 is 0 Å². The van der Waals surface area contributed by atoms with E-state index in [1.54, 1.807) is 48.5 Å². The SMILES string of the molecule is O=C(OCCCCCCCCCCBr)C(F)(F)S(=O)(=O)OI(c1ccc(Br)cc1)c1ccc(Br)cc1.